The first kappa shape index (κ1) is 13.3. The molecule has 0 bridgehead atoms. The summed E-state index contributed by atoms with van der Waals surface area (Å²) in [5, 5.41) is 0. The van der Waals surface area contributed by atoms with E-state index in [1.54, 1.807) is 12.4 Å². The Morgan fingerprint density at radius 1 is 1.19 bits per heavy atom. The zero-order valence-electron chi connectivity index (χ0n) is 11.8. The molecule has 1 aromatic heterocycles. The summed E-state index contributed by atoms with van der Waals surface area (Å²) in [6, 6.07) is 7.78. The Bertz CT molecular complexity index is 735. The third kappa shape index (κ3) is 2.27. The molecular formula is C16H17N5. The number of aromatic nitrogens is 2. The number of hydrogen-bond donors (Lipinski definition) is 2. The van der Waals surface area contributed by atoms with Crippen LogP contribution in [0.3, 0.4) is 0 Å². The van der Waals surface area contributed by atoms with Gasteiger partial charge in [0.1, 0.15) is 0 Å². The molecule has 2 heterocycles. The molecule has 0 fully saturated rings. The summed E-state index contributed by atoms with van der Waals surface area (Å²) in [4.78, 5) is 12.8. The highest BCUT2D eigenvalue weighted by Crippen LogP contribution is 2.37. The zero-order valence-corrected chi connectivity index (χ0v) is 11.8. The van der Waals surface area contributed by atoms with Crippen molar-refractivity contribution >= 4 is 17.9 Å². The van der Waals surface area contributed by atoms with Crippen LogP contribution in [0.15, 0.2) is 47.6 Å². The largest absolute Gasteiger partial charge is 0.399 e. The van der Waals surface area contributed by atoms with Crippen LogP contribution in [-0.2, 0) is 5.41 Å². The molecule has 1 atom stereocenters. The maximum Gasteiger partial charge on any atom is 0.220 e. The van der Waals surface area contributed by atoms with Gasteiger partial charge in [0.25, 0.3) is 0 Å². The van der Waals surface area contributed by atoms with Gasteiger partial charge in [0.15, 0.2) is 0 Å². The predicted octanol–water partition coefficient (Wildman–Crippen LogP) is 1.88. The summed E-state index contributed by atoms with van der Waals surface area (Å²) in [5.41, 5.74) is 15.1. The lowest BCUT2D eigenvalue weighted by Gasteiger charge is -2.32. The number of nitrogens with two attached hydrogens (primary N) is 2. The van der Waals surface area contributed by atoms with E-state index in [9.17, 15) is 0 Å². The van der Waals surface area contributed by atoms with Crippen molar-refractivity contribution in [3.63, 3.8) is 0 Å². The number of anilines is 2. The molecule has 0 spiro atoms. The Hall–Kier alpha value is -2.69. The first-order chi connectivity index (χ1) is 10.1. The van der Waals surface area contributed by atoms with Crippen LogP contribution in [-0.4, -0.2) is 22.7 Å². The van der Waals surface area contributed by atoms with Crippen molar-refractivity contribution in [2.45, 2.75) is 12.3 Å². The Morgan fingerprint density at radius 2 is 2.05 bits per heavy atom. The van der Waals surface area contributed by atoms with Crippen LogP contribution in [0.2, 0.25) is 0 Å². The van der Waals surface area contributed by atoms with Gasteiger partial charge in [0, 0.05) is 18.1 Å². The van der Waals surface area contributed by atoms with Crippen molar-refractivity contribution in [3.8, 4) is 0 Å². The summed E-state index contributed by atoms with van der Waals surface area (Å²) in [7, 11) is 0. The number of hydrogen-bond acceptors (Lipinski definition) is 5. The fraction of sp³-hybridized carbons (Fsp3) is 0.188. The van der Waals surface area contributed by atoms with Gasteiger partial charge >= 0.3 is 0 Å². The summed E-state index contributed by atoms with van der Waals surface area (Å²) < 4.78 is 0. The molecule has 0 saturated heterocycles. The van der Waals surface area contributed by atoms with Gasteiger partial charge in [-0.15, -0.1) is 0 Å². The molecule has 1 aliphatic heterocycles. The van der Waals surface area contributed by atoms with Crippen molar-refractivity contribution in [2.75, 3.05) is 18.0 Å². The van der Waals surface area contributed by atoms with Crippen LogP contribution in [0, 0.1) is 6.92 Å². The van der Waals surface area contributed by atoms with E-state index in [0.29, 0.717) is 6.54 Å². The molecule has 0 aliphatic carbocycles. The lowest BCUT2D eigenvalue weighted by molar-refractivity contribution is 0.625. The molecule has 1 unspecified atom stereocenters. The van der Waals surface area contributed by atoms with Gasteiger partial charge in [-0.2, -0.15) is 0 Å². The van der Waals surface area contributed by atoms with E-state index >= 15 is 0 Å². The van der Waals surface area contributed by atoms with E-state index in [4.69, 9.17) is 11.5 Å². The van der Waals surface area contributed by atoms with Crippen LogP contribution in [0.25, 0.3) is 0 Å². The Morgan fingerprint density at radius 3 is 2.76 bits per heavy atom. The van der Waals surface area contributed by atoms with Gasteiger partial charge in [-0.3, -0.25) is 4.99 Å². The number of nitrogens with zero attached hydrogens (tertiary/aromatic N) is 3. The molecule has 0 amide bonds. The summed E-state index contributed by atoms with van der Waals surface area (Å²) in [5.74, 6) is 0.261. The topological polar surface area (TPSA) is 90.2 Å². The van der Waals surface area contributed by atoms with Crippen LogP contribution >= 0.6 is 0 Å². The van der Waals surface area contributed by atoms with Gasteiger partial charge in [-0.05, 0) is 42.3 Å². The standard InChI is InChI=1S/C16H17N5/c1-11-3-4-12(17)9-13(11)16(6-2-7-19-10-16)14-5-8-20-15(18)21-14/h2-9H,10,17H2,1H3,(H2,18,20,21). The van der Waals surface area contributed by atoms with Gasteiger partial charge in [0.2, 0.25) is 5.95 Å². The van der Waals surface area contributed by atoms with Crippen LogP contribution in [0.5, 0.6) is 0 Å². The van der Waals surface area contributed by atoms with Crippen molar-refractivity contribution in [3.05, 3.63) is 59.4 Å². The van der Waals surface area contributed by atoms with Gasteiger partial charge in [0.05, 0.1) is 17.7 Å². The molecule has 5 nitrogen and oxygen atoms in total. The highest BCUT2D eigenvalue weighted by molar-refractivity contribution is 5.74. The molecule has 106 valence electrons. The molecular weight excluding hydrogens is 262 g/mol. The van der Waals surface area contributed by atoms with Crippen molar-refractivity contribution in [1.82, 2.24) is 9.97 Å². The number of rotatable bonds is 2. The normalized spacial score (nSPS) is 20.6. The molecule has 1 aromatic carbocycles. The van der Waals surface area contributed by atoms with Crippen molar-refractivity contribution in [2.24, 2.45) is 4.99 Å². The summed E-state index contributed by atoms with van der Waals surface area (Å²) in [6.07, 6.45) is 7.51. The molecule has 2 aromatic rings. The minimum absolute atomic E-state index is 0.261. The first-order valence-electron chi connectivity index (χ1n) is 6.75. The van der Waals surface area contributed by atoms with Gasteiger partial charge in [-0.25, -0.2) is 9.97 Å². The minimum atomic E-state index is -0.453. The predicted molar refractivity (Wildman–Crippen MR) is 85.3 cm³/mol. The first-order valence-corrected chi connectivity index (χ1v) is 6.75. The number of allylic oxidation sites excluding steroid dienone is 1. The monoisotopic (exact) mass is 279 g/mol. The quantitative estimate of drug-likeness (QED) is 0.821. The maximum absolute atomic E-state index is 5.98. The number of benzene rings is 1. The summed E-state index contributed by atoms with van der Waals surface area (Å²) >= 11 is 0. The number of aliphatic imine (C=N–C) groups is 1. The van der Waals surface area contributed by atoms with E-state index in [1.165, 1.54) is 0 Å². The minimum Gasteiger partial charge on any atom is -0.399 e. The van der Waals surface area contributed by atoms with Crippen molar-refractivity contribution < 1.29 is 0 Å². The lowest BCUT2D eigenvalue weighted by atomic mass is 9.74. The second kappa shape index (κ2) is 5.01. The summed E-state index contributed by atoms with van der Waals surface area (Å²) in [6.45, 7) is 2.64. The molecule has 1 aliphatic rings. The second-order valence-corrected chi connectivity index (χ2v) is 5.19. The Kier molecular flexibility index (Phi) is 3.17. The third-order valence-electron chi connectivity index (χ3n) is 3.79. The number of dihydropyridines is 1. The maximum atomic E-state index is 5.98. The zero-order chi connectivity index (χ0) is 14.9. The van der Waals surface area contributed by atoms with Gasteiger partial charge < -0.3 is 11.5 Å². The second-order valence-electron chi connectivity index (χ2n) is 5.19. The highest BCUT2D eigenvalue weighted by atomic mass is 15.0. The molecule has 4 N–H and O–H groups in total. The fourth-order valence-corrected chi connectivity index (χ4v) is 2.74. The molecule has 3 rings (SSSR count). The van der Waals surface area contributed by atoms with E-state index in [-0.39, 0.29) is 5.95 Å². The van der Waals surface area contributed by atoms with Crippen molar-refractivity contribution in [1.29, 1.82) is 0 Å². The lowest BCUT2D eigenvalue weighted by Crippen LogP contribution is -2.33. The van der Waals surface area contributed by atoms with Crippen LogP contribution in [0.4, 0.5) is 11.6 Å². The molecule has 0 saturated carbocycles. The van der Waals surface area contributed by atoms with E-state index in [0.717, 1.165) is 22.5 Å². The van der Waals surface area contributed by atoms with E-state index in [1.807, 2.05) is 30.3 Å². The molecule has 0 radical (unpaired) electrons. The molecule has 21 heavy (non-hydrogen) atoms. The average Bonchev–Trinajstić information content (AvgIpc) is 2.50. The SMILES string of the molecule is Cc1ccc(N)cc1C1(c2ccnc(N)n2)C=CC=NC1. The van der Waals surface area contributed by atoms with E-state index in [2.05, 4.69) is 28.0 Å². The number of nitrogen functional groups attached to an aromatic ring is 2. The molecule has 5 heteroatoms. The Balaban J connectivity index is 2.25. The van der Waals surface area contributed by atoms with Crippen LogP contribution < -0.4 is 11.5 Å². The third-order valence-corrected chi connectivity index (χ3v) is 3.79. The van der Waals surface area contributed by atoms with E-state index < -0.39 is 5.41 Å². The fourth-order valence-electron chi connectivity index (χ4n) is 2.74. The number of aryl methyl sites for hydroxylation is 1. The Labute approximate surface area is 123 Å². The van der Waals surface area contributed by atoms with Crippen LogP contribution in [0.1, 0.15) is 16.8 Å². The average molecular weight is 279 g/mol. The highest BCUT2D eigenvalue weighted by Gasteiger charge is 2.35. The van der Waals surface area contributed by atoms with Gasteiger partial charge in [-0.1, -0.05) is 12.1 Å². The smallest absolute Gasteiger partial charge is 0.220 e.